The quantitative estimate of drug-likeness (QED) is 0.771. The van der Waals surface area contributed by atoms with Gasteiger partial charge in [-0.3, -0.25) is 9.89 Å². The van der Waals surface area contributed by atoms with Crippen LogP contribution in [0.3, 0.4) is 0 Å². The van der Waals surface area contributed by atoms with Crippen LogP contribution in [-0.4, -0.2) is 16.1 Å². The zero-order valence-corrected chi connectivity index (χ0v) is 12.1. The highest BCUT2D eigenvalue weighted by molar-refractivity contribution is 6.02. The zero-order chi connectivity index (χ0) is 16.0. The van der Waals surface area contributed by atoms with Crippen LogP contribution < -0.4 is 5.32 Å². The van der Waals surface area contributed by atoms with E-state index in [1.165, 1.54) is 12.1 Å². The molecule has 0 bridgehead atoms. The number of fused-ring (bicyclic) bond motifs is 1. The molecule has 23 heavy (non-hydrogen) atoms. The Hall–Kier alpha value is -2.76. The summed E-state index contributed by atoms with van der Waals surface area (Å²) in [7, 11) is 0. The Morgan fingerprint density at radius 2 is 1.83 bits per heavy atom. The molecule has 1 saturated carbocycles. The predicted molar refractivity (Wildman–Crippen MR) is 82.8 cm³/mol. The number of halogens is 2. The fraction of sp³-hybridized carbons (Fsp3) is 0.176. The molecule has 3 aromatic rings. The summed E-state index contributed by atoms with van der Waals surface area (Å²) in [6.07, 6.45) is 1.84. The number of nitrogens with zero attached hydrogens (tertiary/aromatic N) is 1. The molecule has 0 aliphatic heterocycles. The number of hydrogen-bond acceptors (Lipinski definition) is 2. The van der Waals surface area contributed by atoms with Crippen molar-refractivity contribution in [3.8, 4) is 11.1 Å². The summed E-state index contributed by atoms with van der Waals surface area (Å²) >= 11 is 0. The van der Waals surface area contributed by atoms with Crippen LogP contribution in [0.2, 0.25) is 0 Å². The Morgan fingerprint density at radius 3 is 2.52 bits per heavy atom. The molecule has 1 fully saturated rings. The summed E-state index contributed by atoms with van der Waals surface area (Å²) < 4.78 is 26.7. The van der Waals surface area contributed by atoms with Gasteiger partial charge < -0.3 is 5.32 Å². The minimum absolute atomic E-state index is 0.0188. The summed E-state index contributed by atoms with van der Waals surface area (Å²) in [4.78, 5) is 11.8. The largest absolute Gasteiger partial charge is 0.308 e. The first-order valence-corrected chi connectivity index (χ1v) is 7.35. The van der Waals surface area contributed by atoms with E-state index >= 15 is 0 Å². The molecule has 1 heterocycles. The number of H-pyrrole nitrogens is 1. The second-order valence-electron chi connectivity index (χ2n) is 5.75. The molecule has 4 rings (SSSR count). The molecule has 0 saturated heterocycles. The van der Waals surface area contributed by atoms with Crippen molar-refractivity contribution in [2.75, 3.05) is 5.32 Å². The average molecular weight is 313 g/mol. The van der Waals surface area contributed by atoms with E-state index in [0.717, 1.165) is 24.3 Å². The number of carbonyl (C=O) groups excluding carboxylic acids is 1. The maximum atomic E-state index is 13.3. The molecule has 0 spiro atoms. The smallest absolute Gasteiger partial charge is 0.228 e. The minimum atomic E-state index is -0.623. The number of anilines is 1. The zero-order valence-electron chi connectivity index (χ0n) is 12.1. The summed E-state index contributed by atoms with van der Waals surface area (Å²) in [6, 6.07) is 8.66. The van der Waals surface area contributed by atoms with Gasteiger partial charge >= 0.3 is 0 Å². The van der Waals surface area contributed by atoms with Crippen molar-refractivity contribution < 1.29 is 13.6 Å². The van der Waals surface area contributed by atoms with Crippen molar-refractivity contribution in [2.45, 2.75) is 12.8 Å². The van der Waals surface area contributed by atoms with Crippen LogP contribution in [0.25, 0.3) is 22.0 Å². The minimum Gasteiger partial charge on any atom is -0.308 e. The highest BCUT2D eigenvalue weighted by atomic mass is 19.1. The fourth-order valence-electron chi connectivity index (χ4n) is 2.58. The molecule has 1 aliphatic rings. The van der Waals surface area contributed by atoms with Crippen molar-refractivity contribution in [1.82, 2.24) is 10.2 Å². The Morgan fingerprint density at radius 1 is 1.09 bits per heavy atom. The molecule has 4 nitrogen and oxygen atoms in total. The number of aromatic amines is 1. The fourth-order valence-corrected chi connectivity index (χ4v) is 2.58. The van der Waals surface area contributed by atoms with Gasteiger partial charge in [0.2, 0.25) is 5.91 Å². The molecule has 116 valence electrons. The maximum absolute atomic E-state index is 13.3. The Labute approximate surface area is 130 Å². The van der Waals surface area contributed by atoms with E-state index in [9.17, 15) is 13.6 Å². The van der Waals surface area contributed by atoms with Gasteiger partial charge in [-0.25, -0.2) is 8.78 Å². The molecule has 2 aromatic carbocycles. The number of rotatable bonds is 3. The van der Waals surface area contributed by atoms with Gasteiger partial charge in [-0.05, 0) is 48.2 Å². The molecule has 0 unspecified atom stereocenters. The lowest BCUT2D eigenvalue weighted by Crippen LogP contribution is -2.13. The van der Waals surface area contributed by atoms with Crippen LogP contribution >= 0.6 is 0 Å². The Balaban J connectivity index is 1.70. The molecule has 1 amide bonds. The third-order valence-corrected chi connectivity index (χ3v) is 3.95. The number of aromatic nitrogens is 2. The highest BCUT2D eigenvalue weighted by Crippen LogP contribution is 2.32. The molecular formula is C17H13F2N3O. The van der Waals surface area contributed by atoms with E-state index in [2.05, 4.69) is 15.5 Å². The van der Waals surface area contributed by atoms with Gasteiger partial charge in [-0.1, -0.05) is 6.07 Å². The molecule has 1 aromatic heterocycles. The van der Waals surface area contributed by atoms with E-state index in [0.29, 0.717) is 22.5 Å². The van der Waals surface area contributed by atoms with Crippen molar-refractivity contribution in [2.24, 2.45) is 5.92 Å². The number of amides is 1. The lowest BCUT2D eigenvalue weighted by molar-refractivity contribution is -0.117. The molecule has 1 aliphatic carbocycles. The van der Waals surface area contributed by atoms with Crippen LogP contribution in [0.5, 0.6) is 0 Å². The van der Waals surface area contributed by atoms with Crippen molar-refractivity contribution >= 4 is 22.6 Å². The molecule has 2 N–H and O–H groups in total. The SMILES string of the molecule is O=C(Nc1n[nH]c2cc(-c3cc(F)cc(F)c3)ccc12)C1CC1. The standard InChI is InChI=1S/C17H13F2N3O/c18-12-5-11(6-13(19)8-12)10-3-4-14-15(7-10)21-22-16(14)20-17(23)9-1-2-9/h3-9H,1-2H2,(H2,20,21,22,23). The van der Waals surface area contributed by atoms with E-state index in [-0.39, 0.29) is 11.8 Å². The number of carbonyl (C=O) groups is 1. The maximum Gasteiger partial charge on any atom is 0.228 e. The van der Waals surface area contributed by atoms with Gasteiger partial charge in [0, 0.05) is 17.4 Å². The average Bonchev–Trinajstić information content (AvgIpc) is 3.29. The first-order chi connectivity index (χ1) is 11.1. The number of hydrogen-bond donors (Lipinski definition) is 2. The van der Waals surface area contributed by atoms with Crippen molar-refractivity contribution in [3.05, 3.63) is 48.0 Å². The summed E-state index contributed by atoms with van der Waals surface area (Å²) in [5.74, 6) is -0.691. The van der Waals surface area contributed by atoms with Gasteiger partial charge in [-0.15, -0.1) is 0 Å². The third kappa shape index (κ3) is 2.67. The summed E-state index contributed by atoms with van der Waals surface area (Å²) in [5, 5.41) is 10.5. The molecule has 0 radical (unpaired) electrons. The topological polar surface area (TPSA) is 57.8 Å². The number of benzene rings is 2. The van der Waals surface area contributed by atoms with Gasteiger partial charge in [0.05, 0.1) is 5.52 Å². The van der Waals surface area contributed by atoms with Crippen LogP contribution in [0.4, 0.5) is 14.6 Å². The van der Waals surface area contributed by atoms with Gasteiger partial charge in [0.15, 0.2) is 5.82 Å². The molecule has 0 atom stereocenters. The van der Waals surface area contributed by atoms with Gasteiger partial charge in [0.1, 0.15) is 11.6 Å². The predicted octanol–water partition coefficient (Wildman–Crippen LogP) is 3.86. The summed E-state index contributed by atoms with van der Waals surface area (Å²) in [6.45, 7) is 0. The second kappa shape index (κ2) is 5.15. The van der Waals surface area contributed by atoms with E-state index in [1.807, 2.05) is 0 Å². The van der Waals surface area contributed by atoms with Crippen molar-refractivity contribution in [1.29, 1.82) is 0 Å². The first-order valence-electron chi connectivity index (χ1n) is 7.35. The van der Waals surface area contributed by atoms with Crippen LogP contribution in [0.1, 0.15) is 12.8 Å². The van der Waals surface area contributed by atoms with Crippen LogP contribution in [-0.2, 0) is 4.79 Å². The van der Waals surface area contributed by atoms with Crippen LogP contribution in [0.15, 0.2) is 36.4 Å². The lowest BCUT2D eigenvalue weighted by Gasteiger charge is -2.04. The van der Waals surface area contributed by atoms with Gasteiger partial charge in [0.25, 0.3) is 0 Å². The lowest BCUT2D eigenvalue weighted by atomic mass is 10.0. The first kappa shape index (κ1) is 13.9. The van der Waals surface area contributed by atoms with Crippen molar-refractivity contribution in [3.63, 3.8) is 0 Å². The van der Waals surface area contributed by atoms with Gasteiger partial charge in [-0.2, -0.15) is 5.10 Å². The molecule has 6 heteroatoms. The Bertz CT molecular complexity index is 895. The Kier molecular flexibility index (Phi) is 3.11. The van der Waals surface area contributed by atoms with E-state index in [1.54, 1.807) is 18.2 Å². The monoisotopic (exact) mass is 313 g/mol. The second-order valence-corrected chi connectivity index (χ2v) is 5.75. The highest BCUT2D eigenvalue weighted by Gasteiger charge is 2.30. The normalized spacial score (nSPS) is 14.2. The third-order valence-electron chi connectivity index (χ3n) is 3.95. The van der Waals surface area contributed by atoms with Crippen LogP contribution in [0, 0.1) is 17.6 Å². The number of nitrogens with one attached hydrogen (secondary N) is 2. The van der Waals surface area contributed by atoms with E-state index in [4.69, 9.17) is 0 Å². The summed E-state index contributed by atoms with van der Waals surface area (Å²) in [5.41, 5.74) is 1.81. The van der Waals surface area contributed by atoms with E-state index < -0.39 is 11.6 Å². The molecular weight excluding hydrogens is 300 g/mol.